The van der Waals surface area contributed by atoms with Crippen molar-refractivity contribution in [2.75, 3.05) is 26.3 Å². The molecule has 0 aromatic carbocycles. The summed E-state index contributed by atoms with van der Waals surface area (Å²) in [5, 5.41) is 8.54. The van der Waals surface area contributed by atoms with Gasteiger partial charge < -0.3 is 14.7 Å². The molecule has 1 N–H and O–H groups in total. The lowest BCUT2D eigenvalue weighted by Gasteiger charge is -2.39. The molecule has 0 atom stereocenters. The standard InChI is InChI=1S/C10H19NO3/c1-8(2)10(13)11-6-9(7-11)14-5-3-4-12/h8-9,12H,3-7H2,1-2H3. The van der Waals surface area contributed by atoms with Crippen LogP contribution in [0, 0.1) is 5.92 Å². The van der Waals surface area contributed by atoms with E-state index >= 15 is 0 Å². The van der Waals surface area contributed by atoms with E-state index in [0.717, 1.165) is 0 Å². The normalized spacial score (nSPS) is 17.3. The van der Waals surface area contributed by atoms with Crippen molar-refractivity contribution < 1.29 is 14.6 Å². The molecule has 0 aromatic heterocycles. The molecule has 0 aliphatic carbocycles. The largest absolute Gasteiger partial charge is 0.396 e. The van der Waals surface area contributed by atoms with Gasteiger partial charge in [-0.15, -0.1) is 0 Å². The summed E-state index contributed by atoms with van der Waals surface area (Å²) in [5.41, 5.74) is 0. The number of carbonyl (C=O) groups excluding carboxylic acids is 1. The Morgan fingerprint density at radius 1 is 1.57 bits per heavy atom. The van der Waals surface area contributed by atoms with Crippen LogP contribution in [-0.4, -0.2) is 48.3 Å². The lowest BCUT2D eigenvalue weighted by molar-refractivity contribution is -0.148. The zero-order valence-corrected chi connectivity index (χ0v) is 8.90. The number of carbonyl (C=O) groups is 1. The van der Waals surface area contributed by atoms with Crippen molar-refractivity contribution in [3.8, 4) is 0 Å². The Labute approximate surface area is 84.8 Å². The highest BCUT2D eigenvalue weighted by atomic mass is 16.5. The molecule has 1 rings (SSSR count). The Kier molecular flexibility index (Phi) is 4.35. The van der Waals surface area contributed by atoms with Crippen molar-refractivity contribution in [1.29, 1.82) is 0 Å². The Bertz CT molecular complexity index is 188. The Hall–Kier alpha value is -0.610. The zero-order valence-electron chi connectivity index (χ0n) is 8.90. The summed E-state index contributed by atoms with van der Waals surface area (Å²) in [6, 6.07) is 0. The Morgan fingerprint density at radius 3 is 2.71 bits per heavy atom. The van der Waals surface area contributed by atoms with Crippen LogP contribution >= 0.6 is 0 Å². The SMILES string of the molecule is CC(C)C(=O)N1CC(OCCCO)C1. The van der Waals surface area contributed by atoms with Gasteiger partial charge in [0, 0.05) is 32.2 Å². The Morgan fingerprint density at radius 2 is 2.21 bits per heavy atom. The van der Waals surface area contributed by atoms with Gasteiger partial charge in [-0.1, -0.05) is 13.8 Å². The van der Waals surface area contributed by atoms with E-state index in [1.54, 1.807) is 0 Å². The van der Waals surface area contributed by atoms with Crippen LogP contribution < -0.4 is 0 Å². The number of hydrogen-bond acceptors (Lipinski definition) is 3. The van der Waals surface area contributed by atoms with Gasteiger partial charge in [0.15, 0.2) is 0 Å². The minimum atomic E-state index is 0.0772. The van der Waals surface area contributed by atoms with Crippen LogP contribution in [0.1, 0.15) is 20.3 Å². The summed E-state index contributed by atoms with van der Waals surface area (Å²) in [6.45, 7) is 5.99. The first kappa shape index (κ1) is 11.5. The fourth-order valence-electron chi connectivity index (χ4n) is 1.40. The molecule has 0 radical (unpaired) electrons. The molecule has 0 unspecified atom stereocenters. The third-order valence-corrected chi connectivity index (χ3v) is 2.31. The van der Waals surface area contributed by atoms with Crippen LogP contribution in [0.4, 0.5) is 0 Å². The van der Waals surface area contributed by atoms with Crippen LogP contribution in [0.3, 0.4) is 0 Å². The lowest BCUT2D eigenvalue weighted by atomic mass is 10.1. The fraction of sp³-hybridized carbons (Fsp3) is 0.900. The van der Waals surface area contributed by atoms with E-state index in [1.807, 2.05) is 18.7 Å². The number of aliphatic hydroxyl groups is 1. The van der Waals surface area contributed by atoms with E-state index < -0.39 is 0 Å². The topological polar surface area (TPSA) is 49.8 Å². The molecule has 4 nitrogen and oxygen atoms in total. The summed E-state index contributed by atoms with van der Waals surface area (Å²) in [6.07, 6.45) is 0.860. The summed E-state index contributed by atoms with van der Waals surface area (Å²) < 4.78 is 5.42. The summed E-state index contributed by atoms with van der Waals surface area (Å²) in [5.74, 6) is 0.278. The highest BCUT2D eigenvalue weighted by molar-refractivity contribution is 5.78. The van der Waals surface area contributed by atoms with Crippen LogP contribution in [0.15, 0.2) is 0 Å². The number of hydrogen-bond donors (Lipinski definition) is 1. The summed E-state index contributed by atoms with van der Waals surface area (Å²) >= 11 is 0. The monoisotopic (exact) mass is 201 g/mol. The minimum absolute atomic E-state index is 0.0772. The van der Waals surface area contributed by atoms with Gasteiger partial charge in [-0.3, -0.25) is 4.79 Å². The predicted molar refractivity (Wildman–Crippen MR) is 52.9 cm³/mol. The number of amides is 1. The van der Waals surface area contributed by atoms with Gasteiger partial charge >= 0.3 is 0 Å². The maximum absolute atomic E-state index is 11.4. The fourth-order valence-corrected chi connectivity index (χ4v) is 1.40. The van der Waals surface area contributed by atoms with Crippen LogP contribution in [0.25, 0.3) is 0 Å². The van der Waals surface area contributed by atoms with Gasteiger partial charge in [0.2, 0.25) is 5.91 Å². The molecule has 1 aliphatic heterocycles. The second-order valence-corrected chi connectivity index (χ2v) is 3.97. The van der Waals surface area contributed by atoms with E-state index in [9.17, 15) is 4.79 Å². The molecule has 1 aliphatic rings. The van der Waals surface area contributed by atoms with E-state index in [0.29, 0.717) is 26.1 Å². The smallest absolute Gasteiger partial charge is 0.225 e. The van der Waals surface area contributed by atoms with Gasteiger partial charge in [0.1, 0.15) is 0 Å². The van der Waals surface area contributed by atoms with Crippen molar-refractivity contribution in [3.63, 3.8) is 0 Å². The highest BCUT2D eigenvalue weighted by Crippen LogP contribution is 2.14. The van der Waals surface area contributed by atoms with E-state index in [4.69, 9.17) is 9.84 Å². The molecule has 0 bridgehead atoms. The zero-order chi connectivity index (χ0) is 10.6. The maximum atomic E-state index is 11.4. The molecule has 1 heterocycles. The molecule has 0 aromatic rings. The third-order valence-electron chi connectivity index (χ3n) is 2.31. The second-order valence-electron chi connectivity index (χ2n) is 3.97. The Balaban J connectivity index is 2.08. The first-order valence-corrected chi connectivity index (χ1v) is 5.16. The predicted octanol–water partition coefficient (Wildman–Crippen LogP) is 0.252. The average molecular weight is 201 g/mol. The van der Waals surface area contributed by atoms with Crippen molar-refractivity contribution >= 4 is 5.91 Å². The van der Waals surface area contributed by atoms with Crippen molar-refractivity contribution in [3.05, 3.63) is 0 Å². The third kappa shape index (κ3) is 2.96. The molecule has 1 saturated heterocycles. The molecule has 0 spiro atoms. The summed E-state index contributed by atoms with van der Waals surface area (Å²) in [4.78, 5) is 13.2. The van der Waals surface area contributed by atoms with Crippen LogP contribution in [-0.2, 0) is 9.53 Å². The van der Waals surface area contributed by atoms with Gasteiger partial charge in [-0.25, -0.2) is 0 Å². The molecule has 14 heavy (non-hydrogen) atoms. The van der Waals surface area contributed by atoms with Gasteiger partial charge in [0.25, 0.3) is 0 Å². The number of nitrogens with zero attached hydrogens (tertiary/aromatic N) is 1. The molecular formula is C10H19NO3. The molecule has 1 amide bonds. The van der Waals surface area contributed by atoms with E-state index in [-0.39, 0.29) is 24.5 Å². The lowest BCUT2D eigenvalue weighted by Crippen LogP contribution is -2.55. The maximum Gasteiger partial charge on any atom is 0.225 e. The highest BCUT2D eigenvalue weighted by Gasteiger charge is 2.31. The van der Waals surface area contributed by atoms with Gasteiger partial charge in [-0.05, 0) is 6.42 Å². The number of aliphatic hydroxyl groups excluding tert-OH is 1. The first-order valence-electron chi connectivity index (χ1n) is 5.16. The number of likely N-dealkylation sites (tertiary alicyclic amines) is 1. The number of rotatable bonds is 5. The van der Waals surface area contributed by atoms with Crippen molar-refractivity contribution in [2.45, 2.75) is 26.4 Å². The average Bonchev–Trinajstić information content (AvgIpc) is 2.08. The quantitative estimate of drug-likeness (QED) is 0.649. The minimum Gasteiger partial charge on any atom is -0.396 e. The summed E-state index contributed by atoms with van der Waals surface area (Å²) in [7, 11) is 0. The van der Waals surface area contributed by atoms with Crippen molar-refractivity contribution in [1.82, 2.24) is 4.90 Å². The van der Waals surface area contributed by atoms with Crippen molar-refractivity contribution in [2.24, 2.45) is 5.92 Å². The van der Waals surface area contributed by atoms with Gasteiger partial charge in [0.05, 0.1) is 6.10 Å². The van der Waals surface area contributed by atoms with Crippen LogP contribution in [0.5, 0.6) is 0 Å². The first-order chi connectivity index (χ1) is 6.65. The molecule has 82 valence electrons. The molecule has 1 fully saturated rings. The second kappa shape index (κ2) is 5.32. The number of ether oxygens (including phenoxy) is 1. The van der Waals surface area contributed by atoms with E-state index in [1.165, 1.54) is 0 Å². The van der Waals surface area contributed by atoms with Gasteiger partial charge in [-0.2, -0.15) is 0 Å². The molecule has 4 heteroatoms. The molecular weight excluding hydrogens is 182 g/mol. The van der Waals surface area contributed by atoms with Crippen LogP contribution in [0.2, 0.25) is 0 Å². The van der Waals surface area contributed by atoms with E-state index in [2.05, 4.69) is 0 Å². The molecule has 0 saturated carbocycles.